The fourth-order valence-corrected chi connectivity index (χ4v) is 2.14. The Hall–Kier alpha value is -1.76. The Morgan fingerprint density at radius 3 is 2.50 bits per heavy atom. The predicted octanol–water partition coefficient (Wildman–Crippen LogP) is 1.92. The Kier molecular flexibility index (Phi) is 3.89. The van der Waals surface area contributed by atoms with Gasteiger partial charge in [0.25, 0.3) is 5.91 Å². The van der Waals surface area contributed by atoms with Crippen molar-refractivity contribution in [3.05, 3.63) is 29.3 Å². The quantitative estimate of drug-likeness (QED) is 0.888. The van der Waals surface area contributed by atoms with E-state index in [2.05, 4.69) is 0 Å². The third kappa shape index (κ3) is 3.04. The molecule has 1 aromatic rings. The number of carbonyl (C=O) groups excluding carboxylic acids is 1. The van der Waals surface area contributed by atoms with Crippen LogP contribution in [0.25, 0.3) is 0 Å². The third-order valence-corrected chi connectivity index (χ3v) is 3.39. The minimum atomic E-state index is -4.52. The number of hydrogen-bond donors (Lipinski definition) is 2. The van der Waals surface area contributed by atoms with Gasteiger partial charge in [-0.2, -0.15) is 13.2 Å². The van der Waals surface area contributed by atoms with Crippen molar-refractivity contribution < 1.29 is 22.7 Å². The number of carbonyl (C=O) groups is 1. The third-order valence-electron chi connectivity index (χ3n) is 3.39. The molecule has 1 aliphatic rings. The molecule has 7 heteroatoms. The summed E-state index contributed by atoms with van der Waals surface area (Å²) in [6, 6.07) is 2.73. The van der Waals surface area contributed by atoms with Gasteiger partial charge in [-0.3, -0.25) is 4.79 Å². The van der Waals surface area contributed by atoms with Gasteiger partial charge in [-0.05, 0) is 43.5 Å². The first-order chi connectivity index (χ1) is 9.31. The molecule has 110 valence electrons. The molecule has 1 fully saturated rings. The van der Waals surface area contributed by atoms with E-state index in [0.717, 1.165) is 31.0 Å². The van der Waals surface area contributed by atoms with E-state index in [-0.39, 0.29) is 17.4 Å². The second kappa shape index (κ2) is 5.32. The van der Waals surface area contributed by atoms with E-state index in [4.69, 9.17) is 16.2 Å². The minimum Gasteiger partial charge on any atom is -0.490 e. The number of halogens is 3. The zero-order chi connectivity index (χ0) is 14.9. The molecule has 1 saturated carbocycles. The average molecular weight is 288 g/mol. The number of primary amides is 1. The Balaban J connectivity index is 2.18. The van der Waals surface area contributed by atoms with Crippen molar-refractivity contribution in [3.8, 4) is 5.75 Å². The Bertz CT molecular complexity index is 511. The number of alkyl halides is 3. The van der Waals surface area contributed by atoms with Gasteiger partial charge in [0.1, 0.15) is 5.75 Å². The highest BCUT2D eigenvalue weighted by molar-refractivity contribution is 5.95. The number of rotatable bonds is 4. The summed E-state index contributed by atoms with van der Waals surface area (Å²) in [7, 11) is 0. The number of ether oxygens (including phenoxy) is 1. The Morgan fingerprint density at radius 1 is 1.35 bits per heavy atom. The lowest BCUT2D eigenvalue weighted by molar-refractivity contribution is -0.137. The van der Waals surface area contributed by atoms with Crippen molar-refractivity contribution >= 4 is 5.91 Å². The van der Waals surface area contributed by atoms with Gasteiger partial charge < -0.3 is 16.2 Å². The molecule has 1 aliphatic carbocycles. The molecule has 1 aromatic carbocycles. The molecule has 0 radical (unpaired) electrons. The molecular formula is C13H15F3N2O2. The van der Waals surface area contributed by atoms with Crippen molar-refractivity contribution in [2.75, 3.05) is 6.54 Å². The van der Waals surface area contributed by atoms with Crippen molar-refractivity contribution in [3.63, 3.8) is 0 Å². The van der Waals surface area contributed by atoms with E-state index in [0.29, 0.717) is 12.5 Å². The molecule has 0 atom stereocenters. The lowest BCUT2D eigenvalue weighted by Gasteiger charge is -2.34. The van der Waals surface area contributed by atoms with E-state index < -0.39 is 17.6 Å². The van der Waals surface area contributed by atoms with Crippen LogP contribution in [0.1, 0.15) is 28.8 Å². The summed E-state index contributed by atoms with van der Waals surface area (Å²) < 4.78 is 43.3. The molecule has 0 heterocycles. The van der Waals surface area contributed by atoms with Crippen LogP contribution in [0.5, 0.6) is 5.75 Å². The first kappa shape index (κ1) is 14.6. The van der Waals surface area contributed by atoms with Crippen LogP contribution in [0, 0.1) is 5.92 Å². The Morgan fingerprint density at radius 2 is 2.00 bits per heavy atom. The van der Waals surface area contributed by atoms with Crippen molar-refractivity contribution in [1.29, 1.82) is 0 Å². The molecule has 4 nitrogen and oxygen atoms in total. The highest BCUT2D eigenvalue weighted by Gasteiger charge is 2.33. The lowest BCUT2D eigenvalue weighted by Crippen LogP contribution is -2.38. The summed E-state index contributed by atoms with van der Waals surface area (Å²) in [6.07, 6.45) is -3.19. The van der Waals surface area contributed by atoms with Gasteiger partial charge >= 0.3 is 6.18 Å². The SMILES string of the molecule is NCC1CC(Oc2ccc(C(F)(F)F)cc2C(N)=O)C1. The summed E-state index contributed by atoms with van der Waals surface area (Å²) in [5.74, 6) is -0.488. The molecule has 0 saturated heterocycles. The van der Waals surface area contributed by atoms with Gasteiger partial charge in [-0.1, -0.05) is 0 Å². The minimum absolute atomic E-state index is 0.0889. The topological polar surface area (TPSA) is 78.3 Å². The summed E-state index contributed by atoms with van der Waals surface area (Å²) in [4.78, 5) is 11.3. The van der Waals surface area contributed by atoms with Gasteiger partial charge in [0.05, 0.1) is 17.2 Å². The van der Waals surface area contributed by atoms with Crippen LogP contribution >= 0.6 is 0 Å². The summed E-state index contributed by atoms with van der Waals surface area (Å²) in [5, 5.41) is 0. The molecule has 0 bridgehead atoms. The van der Waals surface area contributed by atoms with Gasteiger partial charge in [0.2, 0.25) is 0 Å². The zero-order valence-corrected chi connectivity index (χ0v) is 10.6. The van der Waals surface area contributed by atoms with Crippen molar-refractivity contribution in [2.45, 2.75) is 25.1 Å². The van der Waals surface area contributed by atoms with E-state index in [1.807, 2.05) is 0 Å². The van der Waals surface area contributed by atoms with Crippen LogP contribution in [0.4, 0.5) is 13.2 Å². The maximum absolute atomic E-state index is 12.6. The molecule has 4 N–H and O–H groups in total. The Labute approximate surface area is 113 Å². The van der Waals surface area contributed by atoms with Crippen LogP contribution in [-0.4, -0.2) is 18.6 Å². The maximum atomic E-state index is 12.6. The van der Waals surface area contributed by atoms with Crippen LogP contribution in [0.2, 0.25) is 0 Å². The first-order valence-corrected chi connectivity index (χ1v) is 6.19. The van der Waals surface area contributed by atoms with Gasteiger partial charge in [0.15, 0.2) is 0 Å². The molecule has 0 spiro atoms. The number of benzene rings is 1. The predicted molar refractivity (Wildman–Crippen MR) is 66.2 cm³/mol. The van der Waals surface area contributed by atoms with Crippen LogP contribution in [0.3, 0.4) is 0 Å². The smallest absolute Gasteiger partial charge is 0.416 e. The highest BCUT2D eigenvalue weighted by atomic mass is 19.4. The van der Waals surface area contributed by atoms with Gasteiger partial charge in [0, 0.05) is 0 Å². The second-order valence-electron chi connectivity index (χ2n) is 4.89. The highest BCUT2D eigenvalue weighted by Crippen LogP contribution is 2.35. The molecule has 0 aliphatic heterocycles. The van der Waals surface area contributed by atoms with Crippen LogP contribution in [0.15, 0.2) is 18.2 Å². The lowest BCUT2D eigenvalue weighted by atomic mass is 9.82. The van der Waals surface area contributed by atoms with Crippen molar-refractivity contribution in [2.24, 2.45) is 17.4 Å². The average Bonchev–Trinajstić information content (AvgIpc) is 2.31. The summed E-state index contributed by atoms with van der Waals surface area (Å²) in [5.41, 5.74) is 9.41. The fourth-order valence-electron chi connectivity index (χ4n) is 2.14. The fraction of sp³-hybridized carbons (Fsp3) is 0.462. The first-order valence-electron chi connectivity index (χ1n) is 6.19. The van der Waals surface area contributed by atoms with Crippen LogP contribution < -0.4 is 16.2 Å². The normalized spacial score (nSPS) is 22.2. The molecule has 0 unspecified atom stereocenters. The van der Waals surface area contributed by atoms with Crippen LogP contribution in [-0.2, 0) is 6.18 Å². The van der Waals surface area contributed by atoms with E-state index in [1.54, 1.807) is 0 Å². The maximum Gasteiger partial charge on any atom is 0.416 e. The van der Waals surface area contributed by atoms with Crippen molar-refractivity contribution in [1.82, 2.24) is 0 Å². The van der Waals surface area contributed by atoms with E-state index in [9.17, 15) is 18.0 Å². The largest absolute Gasteiger partial charge is 0.490 e. The molecule has 0 aromatic heterocycles. The number of amides is 1. The molecule has 1 amide bonds. The van der Waals surface area contributed by atoms with E-state index >= 15 is 0 Å². The number of hydrogen-bond acceptors (Lipinski definition) is 3. The second-order valence-corrected chi connectivity index (χ2v) is 4.89. The zero-order valence-electron chi connectivity index (χ0n) is 10.6. The van der Waals surface area contributed by atoms with Gasteiger partial charge in [-0.15, -0.1) is 0 Å². The molecular weight excluding hydrogens is 273 g/mol. The monoisotopic (exact) mass is 288 g/mol. The van der Waals surface area contributed by atoms with E-state index in [1.165, 1.54) is 0 Å². The summed E-state index contributed by atoms with van der Waals surface area (Å²) >= 11 is 0. The van der Waals surface area contributed by atoms with Gasteiger partial charge in [-0.25, -0.2) is 0 Å². The summed E-state index contributed by atoms with van der Waals surface area (Å²) in [6.45, 7) is 0.551. The molecule has 2 rings (SSSR count). The standard InChI is InChI=1S/C13H15F3N2O2/c14-13(15,16)8-1-2-11(10(5-8)12(18)19)20-9-3-7(4-9)6-17/h1-2,5,7,9H,3-4,6,17H2,(H2,18,19). The molecule has 20 heavy (non-hydrogen) atoms. The number of nitrogens with two attached hydrogens (primary N) is 2.